The number of carbonyl (C=O) groups is 1. The number of hydrogen-bond donors (Lipinski definition) is 2. The van der Waals surface area contributed by atoms with Gasteiger partial charge in [-0.2, -0.15) is 0 Å². The van der Waals surface area contributed by atoms with Gasteiger partial charge < -0.3 is 9.64 Å². The molecule has 3 rings (SSSR count). The summed E-state index contributed by atoms with van der Waals surface area (Å²) in [6.07, 6.45) is 0.784. The molecular weight excluding hydrogens is 242 g/mol. The number of fused-ring (bicyclic) bond motifs is 1. The molecule has 2 unspecified atom stereocenters. The fourth-order valence-electron chi connectivity index (χ4n) is 2.73. The standard InChI is InChI=1S/C14H19N3O2/c18-14(19-10-11-4-2-1-3-5-11)17-7-6-13-12(9-17)8-15-16-13/h1-5,12-13,15-16H,6-10H2. The van der Waals surface area contributed by atoms with Gasteiger partial charge in [0.05, 0.1) is 0 Å². The Morgan fingerprint density at radius 3 is 3.05 bits per heavy atom. The number of amides is 1. The summed E-state index contributed by atoms with van der Waals surface area (Å²) in [5.74, 6) is 0.498. The summed E-state index contributed by atoms with van der Waals surface area (Å²) in [6.45, 7) is 2.82. The average molecular weight is 261 g/mol. The van der Waals surface area contributed by atoms with Gasteiger partial charge in [0.2, 0.25) is 0 Å². The number of nitrogens with one attached hydrogen (secondary N) is 2. The number of ether oxygens (including phenoxy) is 1. The van der Waals surface area contributed by atoms with Gasteiger partial charge in [-0.25, -0.2) is 4.79 Å². The van der Waals surface area contributed by atoms with Crippen LogP contribution in [0.15, 0.2) is 30.3 Å². The molecule has 1 aromatic rings. The second-order valence-corrected chi connectivity index (χ2v) is 5.17. The highest BCUT2D eigenvalue weighted by molar-refractivity contribution is 5.67. The molecule has 5 nitrogen and oxygen atoms in total. The molecule has 102 valence electrons. The normalized spacial score (nSPS) is 26.0. The fraction of sp³-hybridized carbons (Fsp3) is 0.500. The van der Waals surface area contributed by atoms with E-state index in [0.717, 1.165) is 31.6 Å². The molecule has 0 aromatic heterocycles. The number of nitrogens with zero attached hydrogens (tertiary/aromatic N) is 1. The van der Waals surface area contributed by atoms with E-state index < -0.39 is 0 Å². The molecule has 0 radical (unpaired) electrons. The molecule has 0 saturated carbocycles. The van der Waals surface area contributed by atoms with Crippen molar-refractivity contribution in [3.63, 3.8) is 0 Å². The van der Waals surface area contributed by atoms with E-state index in [2.05, 4.69) is 10.9 Å². The first kappa shape index (κ1) is 12.4. The van der Waals surface area contributed by atoms with Crippen LogP contribution in [0.4, 0.5) is 4.79 Å². The van der Waals surface area contributed by atoms with Gasteiger partial charge in [-0.15, -0.1) is 0 Å². The number of rotatable bonds is 2. The Morgan fingerprint density at radius 2 is 2.21 bits per heavy atom. The summed E-state index contributed by atoms with van der Waals surface area (Å²) in [7, 11) is 0. The fourth-order valence-corrected chi connectivity index (χ4v) is 2.73. The van der Waals surface area contributed by atoms with Crippen LogP contribution in [-0.2, 0) is 11.3 Å². The lowest BCUT2D eigenvalue weighted by molar-refractivity contribution is 0.0780. The predicted octanol–water partition coefficient (Wildman–Crippen LogP) is 1.12. The van der Waals surface area contributed by atoms with Gasteiger partial charge in [-0.3, -0.25) is 10.9 Å². The Labute approximate surface area is 112 Å². The van der Waals surface area contributed by atoms with Gasteiger partial charge in [-0.05, 0) is 12.0 Å². The number of hydrogen-bond acceptors (Lipinski definition) is 4. The molecule has 2 fully saturated rings. The molecule has 2 aliphatic heterocycles. The second kappa shape index (κ2) is 5.59. The van der Waals surface area contributed by atoms with Crippen LogP contribution in [0.5, 0.6) is 0 Å². The van der Waals surface area contributed by atoms with Crippen LogP contribution in [0.1, 0.15) is 12.0 Å². The van der Waals surface area contributed by atoms with Crippen LogP contribution in [0.25, 0.3) is 0 Å². The van der Waals surface area contributed by atoms with E-state index in [0.29, 0.717) is 18.6 Å². The van der Waals surface area contributed by atoms with Crippen molar-refractivity contribution in [2.75, 3.05) is 19.6 Å². The SMILES string of the molecule is O=C(OCc1ccccc1)N1CCC2NNCC2C1. The first-order valence-electron chi connectivity index (χ1n) is 6.77. The zero-order valence-corrected chi connectivity index (χ0v) is 10.8. The molecule has 0 aliphatic carbocycles. The van der Waals surface area contributed by atoms with Crippen LogP contribution >= 0.6 is 0 Å². The van der Waals surface area contributed by atoms with Gasteiger partial charge in [0.1, 0.15) is 6.61 Å². The maximum absolute atomic E-state index is 12.0. The molecule has 2 saturated heterocycles. The molecule has 5 heteroatoms. The zero-order valence-electron chi connectivity index (χ0n) is 10.8. The highest BCUT2D eigenvalue weighted by Crippen LogP contribution is 2.20. The second-order valence-electron chi connectivity index (χ2n) is 5.17. The maximum atomic E-state index is 12.0. The van der Waals surface area contributed by atoms with Gasteiger partial charge in [0, 0.05) is 31.6 Å². The Hall–Kier alpha value is -1.59. The van der Waals surface area contributed by atoms with Gasteiger partial charge in [0.15, 0.2) is 0 Å². The van der Waals surface area contributed by atoms with Gasteiger partial charge >= 0.3 is 6.09 Å². The van der Waals surface area contributed by atoms with Crippen LogP contribution in [0.3, 0.4) is 0 Å². The van der Waals surface area contributed by atoms with E-state index >= 15 is 0 Å². The molecule has 1 amide bonds. The minimum absolute atomic E-state index is 0.200. The van der Waals surface area contributed by atoms with Gasteiger partial charge in [-0.1, -0.05) is 30.3 Å². The lowest BCUT2D eigenvalue weighted by Crippen LogP contribution is -2.47. The molecule has 1 aromatic carbocycles. The Bertz CT molecular complexity index is 438. The summed E-state index contributed by atoms with van der Waals surface area (Å²) >= 11 is 0. The van der Waals surface area contributed by atoms with E-state index in [-0.39, 0.29) is 6.09 Å². The summed E-state index contributed by atoms with van der Waals surface area (Å²) in [4.78, 5) is 13.8. The van der Waals surface area contributed by atoms with E-state index in [1.165, 1.54) is 0 Å². The lowest BCUT2D eigenvalue weighted by Gasteiger charge is -2.33. The molecule has 2 atom stereocenters. The Balaban J connectivity index is 1.50. The van der Waals surface area contributed by atoms with Crippen molar-refractivity contribution >= 4 is 6.09 Å². The van der Waals surface area contributed by atoms with E-state index in [9.17, 15) is 4.79 Å². The van der Waals surface area contributed by atoms with Crippen molar-refractivity contribution in [3.8, 4) is 0 Å². The zero-order chi connectivity index (χ0) is 13.1. The molecular formula is C14H19N3O2. The van der Waals surface area contributed by atoms with Crippen LogP contribution in [0, 0.1) is 5.92 Å². The number of hydrazine groups is 1. The van der Waals surface area contributed by atoms with Crippen molar-refractivity contribution < 1.29 is 9.53 Å². The van der Waals surface area contributed by atoms with Crippen molar-refractivity contribution in [3.05, 3.63) is 35.9 Å². The third-order valence-electron chi connectivity index (χ3n) is 3.85. The molecule has 2 aliphatic rings. The van der Waals surface area contributed by atoms with E-state index in [1.807, 2.05) is 35.2 Å². The van der Waals surface area contributed by atoms with Crippen LogP contribution in [-0.4, -0.2) is 36.7 Å². The third-order valence-corrected chi connectivity index (χ3v) is 3.85. The summed E-state index contributed by atoms with van der Waals surface area (Å²) in [5, 5.41) is 0. The topological polar surface area (TPSA) is 53.6 Å². The minimum atomic E-state index is -0.200. The third kappa shape index (κ3) is 2.88. The quantitative estimate of drug-likeness (QED) is 0.837. The smallest absolute Gasteiger partial charge is 0.410 e. The predicted molar refractivity (Wildman–Crippen MR) is 71.2 cm³/mol. The van der Waals surface area contributed by atoms with E-state index in [1.54, 1.807) is 0 Å². The Kier molecular flexibility index (Phi) is 3.66. The summed E-state index contributed by atoms with van der Waals surface area (Å²) in [5.41, 5.74) is 7.42. The van der Waals surface area contributed by atoms with Crippen LogP contribution in [0.2, 0.25) is 0 Å². The molecule has 2 N–H and O–H groups in total. The monoisotopic (exact) mass is 261 g/mol. The first-order valence-corrected chi connectivity index (χ1v) is 6.77. The number of likely N-dealkylation sites (tertiary alicyclic amines) is 1. The Morgan fingerprint density at radius 1 is 1.37 bits per heavy atom. The molecule has 0 bridgehead atoms. The van der Waals surface area contributed by atoms with Crippen molar-refractivity contribution in [2.24, 2.45) is 5.92 Å². The van der Waals surface area contributed by atoms with Crippen molar-refractivity contribution in [1.82, 2.24) is 15.8 Å². The molecule has 0 spiro atoms. The maximum Gasteiger partial charge on any atom is 0.410 e. The summed E-state index contributed by atoms with van der Waals surface area (Å²) < 4.78 is 5.36. The highest BCUT2D eigenvalue weighted by Gasteiger charge is 2.34. The first-order chi connectivity index (χ1) is 9.33. The number of piperidine rings is 1. The van der Waals surface area contributed by atoms with Crippen molar-refractivity contribution in [1.29, 1.82) is 0 Å². The van der Waals surface area contributed by atoms with Gasteiger partial charge in [0.25, 0.3) is 0 Å². The number of benzene rings is 1. The highest BCUT2D eigenvalue weighted by atomic mass is 16.6. The summed E-state index contributed by atoms with van der Waals surface area (Å²) in [6, 6.07) is 10.3. The lowest BCUT2D eigenvalue weighted by atomic mass is 9.95. The molecule has 2 heterocycles. The minimum Gasteiger partial charge on any atom is -0.445 e. The van der Waals surface area contributed by atoms with Crippen molar-refractivity contribution in [2.45, 2.75) is 19.1 Å². The number of carbonyl (C=O) groups excluding carboxylic acids is 1. The largest absolute Gasteiger partial charge is 0.445 e. The van der Waals surface area contributed by atoms with Crippen LogP contribution < -0.4 is 10.9 Å². The average Bonchev–Trinajstić information content (AvgIpc) is 2.93. The molecule has 19 heavy (non-hydrogen) atoms. The van der Waals surface area contributed by atoms with E-state index in [4.69, 9.17) is 4.74 Å².